The monoisotopic (exact) mass is 347 g/mol. The largest absolute Gasteiger partial charge is 0.378 e. The van der Waals surface area contributed by atoms with Crippen molar-refractivity contribution in [3.8, 4) is 0 Å². The summed E-state index contributed by atoms with van der Waals surface area (Å²) in [5, 5.41) is 10.4. The average Bonchev–Trinajstić information content (AvgIpc) is 3.29. The second kappa shape index (κ2) is 7.15. The van der Waals surface area contributed by atoms with Crippen LogP contribution in [0.3, 0.4) is 0 Å². The number of halogens is 1. The summed E-state index contributed by atoms with van der Waals surface area (Å²) in [4.78, 5) is 2.31. The van der Waals surface area contributed by atoms with Crippen molar-refractivity contribution >= 4 is 16.5 Å². The molecule has 4 nitrogen and oxygen atoms in total. The highest BCUT2D eigenvalue weighted by Gasteiger charge is 2.30. The van der Waals surface area contributed by atoms with Gasteiger partial charge in [0.2, 0.25) is 5.13 Å². The van der Waals surface area contributed by atoms with Gasteiger partial charge >= 0.3 is 0 Å². The molecule has 2 aromatic rings. The summed E-state index contributed by atoms with van der Waals surface area (Å²) >= 11 is 1.58. The summed E-state index contributed by atoms with van der Waals surface area (Å²) < 4.78 is 19.6. The van der Waals surface area contributed by atoms with Gasteiger partial charge in [-0.05, 0) is 43.2 Å². The van der Waals surface area contributed by atoms with E-state index in [4.69, 9.17) is 4.74 Å². The van der Waals surface area contributed by atoms with E-state index in [0.29, 0.717) is 24.0 Å². The van der Waals surface area contributed by atoms with E-state index < -0.39 is 0 Å². The minimum Gasteiger partial charge on any atom is -0.378 e. The Labute approximate surface area is 145 Å². The number of aromatic nitrogens is 2. The Morgan fingerprint density at radius 1 is 1.17 bits per heavy atom. The zero-order valence-electron chi connectivity index (χ0n) is 13.7. The van der Waals surface area contributed by atoms with Gasteiger partial charge in [-0.15, -0.1) is 10.2 Å². The molecule has 2 fully saturated rings. The molecule has 2 aliphatic heterocycles. The first-order valence-corrected chi connectivity index (χ1v) is 9.53. The highest BCUT2D eigenvalue weighted by atomic mass is 32.1. The molecule has 1 aromatic heterocycles. The standard InChI is InChI=1S/C18H22FN3OS/c19-15-5-2-1-4-14(15)12-17-20-21-18(24-17)22-9-7-13(8-10-22)16-6-3-11-23-16/h1-2,4-5,13,16H,3,6-12H2. The molecule has 2 saturated heterocycles. The maximum absolute atomic E-state index is 13.8. The highest BCUT2D eigenvalue weighted by Crippen LogP contribution is 2.32. The molecule has 0 N–H and O–H groups in total. The lowest BCUT2D eigenvalue weighted by molar-refractivity contribution is 0.0531. The quantitative estimate of drug-likeness (QED) is 0.846. The molecule has 24 heavy (non-hydrogen) atoms. The lowest BCUT2D eigenvalue weighted by Gasteiger charge is -2.33. The van der Waals surface area contributed by atoms with Gasteiger partial charge in [-0.2, -0.15) is 0 Å². The van der Waals surface area contributed by atoms with Gasteiger partial charge in [0.15, 0.2) is 0 Å². The highest BCUT2D eigenvalue weighted by molar-refractivity contribution is 7.15. The predicted molar refractivity (Wildman–Crippen MR) is 93.0 cm³/mol. The van der Waals surface area contributed by atoms with Crippen molar-refractivity contribution in [3.63, 3.8) is 0 Å². The molecular formula is C18H22FN3OS. The normalized spacial score (nSPS) is 22.2. The third-order valence-electron chi connectivity index (χ3n) is 5.06. The molecule has 0 radical (unpaired) electrons. The molecule has 1 unspecified atom stereocenters. The van der Waals surface area contributed by atoms with E-state index in [1.165, 1.54) is 18.9 Å². The minimum atomic E-state index is -0.174. The van der Waals surface area contributed by atoms with Gasteiger partial charge in [-0.3, -0.25) is 0 Å². The van der Waals surface area contributed by atoms with Crippen molar-refractivity contribution in [1.29, 1.82) is 0 Å². The number of hydrogen-bond donors (Lipinski definition) is 0. The maximum Gasteiger partial charge on any atom is 0.208 e. The van der Waals surface area contributed by atoms with E-state index in [0.717, 1.165) is 42.7 Å². The van der Waals surface area contributed by atoms with Crippen molar-refractivity contribution < 1.29 is 9.13 Å². The van der Waals surface area contributed by atoms with E-state index in [2.05, 4.69) is 15.1 Å². The summed E-state index contributed by atoms with van der Waals surface area (Å²) in [7, 11) is 0. The molecule has 0 aliphatic carbocycles. The van der Waals surface area contributed by atoms with Crippen LogP contribution < -0.4 is 4.90 Å². The number of anilines is 1. The first-order chi connectivity index (χ1) is 11.8. The van der Waals surface area contributed by atoms with E-state index in [1.54, 1.807) is 17.4 Å². The molecule has 0 spiro atoms. The van der Waals surface area contributed by atoms with Crippen molar-refractivity contribution in [2.45, 2.75) is 38.2 Å². The molecule has 0 saturated carbocycles. The number of rotatable bonds is 4. The lowest BCUT2D eigenvalue weighted by atomic mass is 9.90. The summed E-state index contributed by atoms with van der Waals surface area (Å²) in [6, 6.07) is 6.87. The summed E-state index contributed by atoms with van der Waals surface area (Å²) in [5.41, 5.74) is 0.678. The SMILES string of the molecule is Fc1ccccc1Cc1nnc(N2CCC(C3CCCO3)CC2)s1. The lowest BCUT2D eigenvalue weighted by Crippen LogP contribution is -2.37. The molecule has 0 bridgehead atoms. The second-order valence-corrected chi connectivity index (χ2v) is 7.66. The van der Waals surface area contributed by atoms with Crippen molar-refractivity contribution in [2.24, 2.45) is 5.92 Å². The number of benzene rings is 1. The third kappa shape index (κ3) is 3.44. The Morgan fingerprint density at radius 3 is 2.75 bits per heavy atom. The van der Waals surface area contributed by atoms with Crippen molar-refractivity contribution in [1.82, 2.24) is 10.2 Å². The van der Waals surface area contributed by atoms with E-state index >= 15 is 0 Å². The molecule has 6 heteroatoms. The van der Waals surface area contributed by atoms with E-state index in [9.17, 15) is 4.39 Å². The molecule has 1 atom stereocenters. The van der Waals surface area contributed by atoms with Crippen molar-refractivity contribution in [2.75, 3.05) is 24.6 Å². The third-order valence-corrected chi connectivity index (χ3v) is 6.04. The zero-order chi connectivity index (χ0) is 16.4. The molecule has 3 heterocycles. The predicted octanol–water partition coefficient (Wildman–Crippen LogP) is 3.66. The van der Waals surface area contributed by atoms with Gasteiger partial charge in [-0.25, -0.2) is 4.39 Å². The number of hydrogen-bond acceptors (Lipinski definition) is 5. The molecular weight excluding hydrogens is 325 g/mol. The number of nitrogens with zero attached hydrogens (tertiary/aromatic N) is 3. The maximum atomic E-state index is 13.8. The summed E-state index contributed by atoms with van der Waals surface area (Å²) in [6.07, 6.45) is 5.73. The van der Waals surface area contributed by atoms with Gasteiger partial charge < -0.3 is 9.64 Å². The van der Waals surface area contributed by atoms with Gasteiger partial charge in [0, 0.05) is 26.1 Å². The van der Waals surface area contributed by atoms with Crippen LogP contribution in [0, 0.1) is 11.7 Å². The van der Waals surface area contributed by atoms with Crippen LogP contribution in [-0.4, -0.2) is 36.0 Å². The van der Waals surface area contributed by atoms with Crippen LogP contribution >= 0.6 is 11.3 Å². The van der Waals surface area contributed by atoms with Crippen LogP contribution in [0.2, 0.25) is 0 Å². The molecule has 2 aliphatic rings. The van der Waals surface area contributed by atoms with Crippen LogP contribution in [0.4, 0.5) is 9.52 Å². The van der Waals surface area contributed by atoms with E-state index in [1.807, 2.05) is 12.1 Å². The zero-order valence-corrected chi connectivity index (χ0v) is 14.5. The Kier molecular flexibility index (Phi) is 4.76. The Hall–Kier alpha value is -1.53. The first-order valence-electron chi connectivity index (χ1n) is 8.72. The Morgan fingerprint density at radius 2 is 2.00 bits per heavy atom. The van der Waals surface area contributed by atoms with Crippen molar-refractivity contribution in [3.05, 3.63) is 40.7 Å². The van der Waals surface area contributed by atoms with Gasteiger partial charge in [0.1, 0.15) is 10.8 Å². The minimum absolute atomic E-state index is 0.174. The fraction of sp³-hybridized carbons (Fsp3) is 0.556. The van der Waals surface area contributed by atoms with Gasteiger partial charge in [-0.1, -0.05) is 29.5 Å². The van der Waals surface area contributed by atoms with Crippen LogP contribution in [0.15, 0.2) is 24.3 Å². The Balaban J connectivity index is 1.36. The van der Waals surface area contributed by atoms with Crippen LogP contribution in [-0.2, 0) is 11.2 Å². The molecule has 128 valence electrons. The number of ether oxygens (including phenoxy) is 1. The number of piperidine rings is 1. The summed E-state index contributed by atoms with van der Waals surface area (Å²) in [5.74, 6) is 0.515. The van der Waals surface area contributed by atoms with Crippen LogP contribution in [0.5, 0.6) is 0 Å². The smallest absolute Gasteiger partial charge is 0.208 e. The second-order valence-electron chi connectivity index (χ2n) is 6.62. The molecule has 1 aromatic carbocycles. The Bertz CT molecular complexity index is 678. The van der Waals surface area contributed by atoms with E-state index in [-0.39, 0.29) is 5.82 Å². The first kappa shape index (κ1) is 16.0. The fourth-order valence-corrected chi connectivity index (χ4v) is 4.60. The molecule has 4 rings (SSSR count). The summed E-state index contributed by atoms with van der Waals surface area (Å²) in [6.45, 7) is 2.96. The van der Waals surface area contributed by atoms with Gasteiger partial charge in [0.05, 0.1) is 6.10 Å². The fourth-order valence-electron chi connectivity index (χ4n) is 3.69. The van der Waals surface area contributed by atoms with Crippen LogP contribution in [0.1, 0.15) is 36.3 Å². The molecule has 0 amide bonds. The van der Waals surface area contributed by atoms with Gasteiger partial charge in [0.25, 0.3) is 0 Å². The average molecular weight is 347 g/mol. The van der Waals surface area contributed by atoms with Crippen LogP contribution in [0.25, 0.3) is 0 Å². The topological polar surface area (TPSA) is 38.2 Å².